The molecule has 2 unspecified atom stereocenters. The second-order valence-electron chi connectivity index (χ2n) is 15.5. The molecule has 0 N–H and O–H groups in total. The van der Waals surface area contributed by atoms with Gasteiger partial charge >= 0.3 is 0 Å². The van der Waals surface area contributed by atoms with Crippen molar-refractivity contribution in [2.24, 2.45) is 0 Å². The fourth-order valence-electron chi connectivity index (χ4n) is 10.8. The van der Waals surface area contributed by atoms with Crippen molar-refractivity contribution in [3.63, 3.8) is 0 Å². The van der Waals surface area contributed by atoms with Crippen molar-refractivity contribution in [1.82, 2.24) is 4.57 Å². The van der Waals surface area contributed by atoms with Crippen LogP contribution in [0, 0.1) is 0 Å². The monoisotopic (exact) mass is 729 g/mol. The summed E-state index contributed by atoms with van der Waals surface area (Å²) < 4.78 is 18.4. The Kier molecular flexibility index (Phi) is 5.86. The van der Waals surface area contributed by atoms with E-state index in [2.05, 4.69) is 162 Å². The number of benzene rings is 9. The molecule has 9 aromatic carbocycles. The van der Waals surface area contributed by atoms with E-state index in [9.17, 15) is 0 Å². The number of rotatable bonds is 2. The minimum atomic E-state index is -3.17. The predicted octanol–water partition coefficient (Wildman–Crippen LogP) is 11.9. The van der Waals surface area contributed by atoms with E-state index in [1.807, 2.05) is 36.4 Å². The van der Waals surface area contributed by atoms with Gasteiger partial charge in [0.2, 0.25) is 0 Å². The third-order valence-corrected chi connectivity index (χ3v) is 16.1. The van der Waals surface area contributed by atoms with Crippen molar-refractivity contribution >= 4 is 55.6 Å². The molecule has 3 aliphatic rings. The molecular formula is C53H32NOP. The van der Waals surface area contributed by atoms with E-state index in [1.165, 1.54) is 77.2 Å². The maximum absolute atomic E-state index is 15.9. The third-order valence-electron chi connectivity index (χ3n) is 13.0. The molecule has 0 amide bonds. The van der Waals surface area contributed by atoms with E-state index in [0.29, 0.717) is 0 Å². The Hall–Kier alpha value is -6.73. The fraction of sp³-hybridized carbons (Fsp3) is 0.0189. The lowest BCUT2D eigenvalue weighted by atomic mass is 9.65. The van der Waals surface area contributed by atoms with Gasteiger partial charge < -0.3 is 9.13 Å². The summed E-state index contributed by atoms with van der Waals surface area (Å²) in [6.45, 7) is 0. The highest BCUT2D eigenvalue weighted by Gasteiger charge is 2.53. The first-order valence-corrected chi connectivity index (χ1v) is 21.1. The van der Waals surface area contributed by atoms with Crippen LogP contribution in [0.1, 0.15) is 22.3 Å². The Bertz CT molecular complexity index is 3400. The second kappa shape index (κ2) is 10.7. The Balaban J connectivity index is 1.21. The average Bonchev–Trinajstić information content (AvgIpc) is 3.85. The van der Waals surface area contributed by atoms with Gasteiger partial charge in [-0.05, 0) is 96.7 Å². The molecule has 2 atom stereocenters. The SMILES string of the molecule is O=P1(c2ccccc2)c2ccccc2-c2cc3c(cc21)-c1ccc(-c2cccc4ccccc24)cc1C31c2ccccc2-n2c3ccccc3c3cccc1c32. The van der Waals surface area contributed by atoms with Crippen LogP contribution in [0.4, 0.5) is 0 Å². The molecule has 3 heteroatoms. The summed E-state index contributed by atoms with van der Waals surface area (Å²) in [5.74, 6) is 0. The lowest BCUT2D eigenvalue weighted by Gasteiger charge is -2.40. The van der Waals surface area contributed by atoms with Gasteiger partial charge in [-0.3, -0.25) is 0 Å². The third kappa shape index (κ3) is 3.57. The number of nitrogens with zero attached hydrogens (tertiary/aromatic N) is 1. The maximum atomic E-state index is 15.9. The van der Waals surface area contributed by atoms with Gasteiger partial charge in [-0.15, -0.1) is 0 Å². The minimum Gasteiger partial charge on any atom is -0.309 e. The van der Waals surface area contributed by atoms with Crippen LogP contribution < -0.4 is 15.9 Å². The first-order chi connectivity index (χ1) is 27.7. The molecule has 3 heterocycles. The standard InChI is InChI=1S/C53H32NOP/c55-56(35-16-2-1-3-17-35)50-27-11-7-20-40(50)43-31-47-42(32-51(43)56)38-29-28-34(37-21-12-15-33-14-4-5-18-36(33)37)30-46(38)53(47)44-23-8-10-26-49(44)54-48-25-9-6-19-39(48)41-22-13-24-45(53)52(41)54/h1-32H. The van der Waals surface area contributed by atoms with Crippen molar-refractivity contribution in [1.29, 1.82) is 0 Å². The molecule has 1 aromatic heterocycles. The van der Waals surface area contributed by atoms with Crippen molar-refractivity contribution < 1.29 is 4.57 Å². The maximum Gasteiger partial charge on any atom is 0.172 e. The van der Waals surface area contributed by atoms with Crippen LogP contribution in [-0.2, 0) is 9.98 Å². The summed E-state index contributed by atoms with van der Waals surface area (Å²) in [5.41, 5.74) is 15.0. The number of hydrogen-bond acceptors (Lipinski definition) is 1. The number of fused-ring (bicyclic) bond motifs is 16. The molecule has 0 radical (unpaired) electrons. The van der Waals surface area contributed by atoms with Crippen molar-refractivity contribution in [3.8, 4) is 39.1 Å². The van der Waals surface area contributed by atoms with Crippen LogP contribution in [0.3, 0.4) is 0 Å². The summed E-state index contributed by atoms with van der Waals surface area (Å²) in [6.07, 6.45) is 0. The topological polar surface area (TPSA) is 22.0 Å². The van der Waals surface area contributed by atoms with Crippen LogP contribution in [0.25, 0.3) is 71.6 Å². The molecule has 1 aliphatic carbocycles. The van der Waals surface area contributed by atoms with Gasteiger partial charge in [-0.25, -0.2) is 0 Å². The van der Waals surface area contributed by atoms with Crippen molar-refractivity contribution in [3.05, 3.63) is 216 Å². The number of hydrogen-bond donors (Lipinski definition) is 0. The van der Waals surface area contributed by atoms with E-state index in [0.717, 1.165) is 32.6 Å². The quantitative estimate of drug-likeness (QED) is 0.162. The Labute approximate surface area is 324 Å². The molecule has 0 saturated heterocycles. The summed E-state index contributed by atoms with van der Waals surface area (Å²) in [7, 11) is -3.17. The van der Waals surface area contributed by atoms with Gasteiger partial charge in [0.15, 0.2) is 7.14 Å². The van der Waals surface area contributed by atoms with Gasteiger partial charge in [0.25, 0.3) is 0 Å². The van der Waals surface area contributed by atoms with Crippen LogP contribution in [0.15, 0.2) is 194 Å². The van der Waals surface area contributed by atoms with E-state index in [1.54, 1.807) is 0 Å². The van der Waals surface area contributed by atoms with Crippen LogP contribution in [0.2, 0.25) is 0 Å². The zero-order chi connectivity index (χ0) is 36.8. The molecular weight excluding hydrogens is 698 g/mol. The zero-order valence-electron chi connectivity index (χ0n) is 30.3. The van der Waals surface area contributed by atoms with Crippen molar-refractivity contribution in [2.75, 3.05) is 0 Å². The Morgan fingerprint density at radius 2 is 1.09 bits per heavy atom. The molecule has 2 nitrogen and oxygen atoms in total. The van der Waals surface area contributed by atoms with Gasteiger partial charge in [-0.1, -0.05) is 164 Å². The second-order valence-corrected chi connectivity index (χ2v) is 18.2. The molecule has 56 heavy (non-hydrogen) atoms. The Morgan fingerprint density at radius 1 is 0.411 bits per heavy atom. The lowest BCUT2D eigenvalue weighted by Crippen LogP contribution is -2.33. The largest absolute Gasteiger partial charge is 0.309 e. The molecule has 13 rings (SSSR count). The van der Waals surface area contributed by atoms with E-state index in [4.69, 9.17) is 0 Å². The summed E-state index contributed by atoms with van der Waals surface area (Å²) >= 11 is 0. The molecule has 0 bridgehead atoms. The van der Waals surface area contributed by atoms with Crippen molar-refractivity contribution in [2.45, 2.75) is 5.41 Å². The van der Waals surface area contributed by atoms with Gasteiger partial charge in [0.05, 0.1) is 22.1 Å². The molecule has 10 aromatic rings. The normalized spacial score (nSPS) is 18.2. The zero-order valence-corrected chi connectivity index (χ0v) is 31.2. The van der Waals surface area contributed by atoms with E-state index >= 15 is 4.57 Å². The number of aromatic nitrogens is 1. The molecule has 2 aliphatic heterocycles. The van der Waals surface area contributed by atoms with Gasteiger partial charge in [0, 0.05) is 26.7 Å². The molecule has 1 spiro atoms. The fourth-order valence-corrected chi connectivity index (χ4v) is 13.9. The number of para-hydroxylation sites is 3. The van der Waals surface area contributed by atoms with E-state index < -0.39 is 12.6 Å². The van der Waals surface area contributed by atoms with Crippen LogP contribution >= 0.6 is 7.14 Å². The Morgan fingerprint density at radius 3 is 2.02 bits per heavy atom. The summed E-state index contributed by atoms with van der Waals surface area (Å²) in [4.78, 5) is 0. The van der Waals surface area contributed by atoms with Crippen LogP contribution in [-0.4, -0.2) is 4.57 Å². The smallest absolute Gasteiger partial charge is 0.172 e. The van der Waals surface area contributed by atoms with E-state index in [-0.39, 0.29) is 0 Å². The molecule has 260 valence electrons. The predicted molar refractivity (Wildman–Crippen MR) is 233 cm³/mol. The van der Waals surface area contributed by atoms with Gasteiger partial charge in [-0.2, -0.15) is 0 Å². The lowest BCUT2D eigenvalue weighted by molar-refractivity contribution is 0.593. The highest BCUT2D eigenvalue weighted by atomic mass is 31.2. The average molecular weight is 730 g/mol. The van der Waals surface area contributed by atoms with Crippen LogP contribution in [0.5, 0.6) is 0 Å². The summed E-state index contributed by atoms with van der Waals surface area (Å²) in [5, 5.41) is 7.72. The minimum absolute atomic E-state index is 0.644. The molecule has 0 fully saturated rings. The first kappa shape index (κ1) is 30.6. The van der Waals surface area contributed by atoms with Gasteiger partial charge in [0.1, 0.15) is 0 Å². The highest BCUT2D eigenvalue weighted by molar-refractivity contribution is 7.86. The summed E-state index contributed by atoms with van der Waals surface area (Å²) in [6, 6.07) is 70.5. The molecule has 0 saturated carbocycles. The first-order valence-electron chi connectivity index (χ1n) is 19.4. The highest BCUT2D eigenvalue weighted by Crippen LogP contribution is 2.63.